The van der Waals surface area contributed by atoms with Crippen molar-refractivity contribution in [2.24, 2.45) is 0 Å². The first-order valence-corrected chi connectivity index (χ1v) is 8.67. The van der Waals surface area contributed by atoms with Crippen LogP contribution in [0.25, 0.3) is 11.5 Å². The van der Waals surface area contributed by atoms with E-state index in [-0.39, 0.29) is 6.79 Å². The van der Waals surface area contributed by atoms with Gasteiger partial charge in [-0.15, -0.1) is 10.2 Å². The van der Waals surface area contributed by atoms with Gasteiger partial charge in [0, 0.05) is 11.3 Å². The molecule has 0 aliphatic carbocycles. The van der Waals surface area contributed by atoms with Crippen molar-refractivity contribution in [3.05, 3.63) is 52.5 Å². The van der Waals surface area contributed by atoms with Crippen molar-refractivity contribution >= 4 is 23.4 Å². The summed E-state index contributed by atoms with van der Waals surface area (Å²) < 4.78 is 16.4. The Morgan fingerprint density at radius 1 is 1.17 bits per heavy atom. The van der Waals surface area contributed by atoms with Gasteiger partial charge >= 0.3 is 0 Å². The summed E-state index contributed by atoms with van der Waals surface area (Å²) in [6.45, 7) is 2.22. The molecule has 122 valence electrons. The highest BCUT2D eigenvalue weighted by Crippen LogP contribution is 2.41. The number of nitrogens with zero attached hydrogens (tertiary/aromatic N) is 2. The first-order valence-electron chi connectivity index (χ1n) is 7.31. The molecule has 0 saturated carbocycles. The fourth-order valence-corrected chi connectivity index (χ4v) is 3.42. The van der Waals surface area contributed by atoms with E-state index in [1.54, 1.807) is 0 Å². The number of hydrogen-bond acceptors (Lipinski definition) is 6. The molecule has 2 heterocycles. The van der Waals surface area contributed by atoms with Gasteiger partial charge < -0.3 is 13.9 Å². The van der Waals surface area contributed by atoms with Crippen LogP contribution in [-0.4, -0.2) is 17.0 Å². The van der Waals surface area contributed by atoms with Gasteiger partial charge in [0.25, 0.3) is 5.22 Å². The van der Waals surface area contributed by atoms with Crippen molar-refractivity contribution in [2.75, 3.05) is 6.79 Å². The van der Waals surface area contributed by atoms with Crippen molar-refractivity contribution in [1.82, 2.24) is 10.2 Å². The second kappa shape index (κ2) is 6.37. The molecule has 7 heteroatoms. The highest BCUT2D eigenvalue weighted by molar-refractivity contribution is 7.98. The van der Waals surface area contributed by atoms with Gasteiger partial charge in [0.2, 0.25) is 12.7 Å². The van der Waals surface area contributed by atoms with Gasteiger partial charge in [-0.1, -0.05) is 41.6 Å². The molecule has 4 rings (SSSR count). The summed E-state index contributed by atoms with van der Waals surface area (Å²) in [6, 6.07) is 11.7. The van der Waals surface area contributed by atoms with Gasteiger partial charge in [-0.3, -0.25) is 0 Å². The van der Waals surface area contributed by atoms with Crippen LogP contribution in [0.1, 0.15) is 11.1 Å². The van der Waals surface area contributed by atoms with Crippen LogP contribution in [0.3, 0.4) is 0 Å². The average molecular weight is 361 g/mol. The Morgan fingerprint density at radius 2 is 2.04 bits per heavy atom. The van der Waals surface area contributed by atoms with Crippen LogP contribution in [0, 0.1) is 6.92 Å². The van der Waals surface area contributed by atoms with E-state index >= 15 is 0 Å². The maximum atomic E-state index is 6.19. The van der Waals surface area contributed by atoms with Gasteiger partial charge in [0.1, 0.15) is 0 Å². The fraction of sp³-hybridized carbons (Fsp3) is 0.176. The number of ether oxygens (including phenoxy) is 2. The Labute approximate surface area is 147 Å². The number of rotatable bonds is 4. The molecule has 0 amide bonds. The first-order chi connectivity index (χ1) is 11.7. The molecule has 0 unspecified atom stereocenters. The van der Waals surface area contributed by atoms with Crippen molar-refractivity contribution in [2.45, 2.75) is 17.9 Å². The SMILES string of the molecule is Cc1ccccc1-c1nnc(SCc2cc(Cl)c3c(c2)OCO3)o1. The number of hydrogen-bond donors (Lipinski definition) is 0. The van der Waals surface area contributed by atoms with Gasteiger partial charge in [0.05, 0.1) is 5.02 Å². The molecule has 0 spiro atoms. The van der Waals surface area contributed by atoms with E-state index < -0.39 is 0 Å². The molecule has 0 bridgehead atoms. The lowest BCUT2D eigenvalue weighted by Gasteiger charge is -2.03. The zero-order chi connectivity index (χ0) is 16.5. The van der Waals surface area contributed by atoms with Crippen LogP contribution in [0.4, 0.5) is 0 Å². The average Bonchev–Trinajstić information content (AvgIpc) is 3.22. The highest BCUT2D eigenvalue weighted by Gasteiger charge is 2.19. The van der Waals surface area contributed by atoms with Crippen molar-refractivity contribution in [3.8, 4) is 23.0 Å². The van der Waals surface area contributed by atoms with Gasteiger partial charge in [0.15, 0.2) is 11.5 Å². The lowest BCUT2D eigenvalue weighted by Crippen LogP contribution is -1.93. The van der Waals surface area contributed by atoms with Crippen molar-refractivity contribution < 1.29 is 13.9 Å². The molecule has 3 aromatic rings. The molecule has 0 atom stereocenters. The molecule has 1 aromatic heterocycles. The van der Waals surface area contributed by atoms with E-state index in [4.69, 9.17) is 25.5 Å². The molecule has 5 nitrogen and oxygen atoms in total. The largest absolute Gasteiger partial charge is 0.454 e. The second-order valence-corrected chi connectivity index (χ2v) is 6.62. The molecule has 2 aromatic carbocycles. The zero-order valence-electron chi connectivity index (χ0n) is 12.8. The topological polar surface area (TPSA) is 57.4 Å². The van der Waals surface area contributed by atoms with Crippen LogP contribution in [-0.2, 0) is 5.75 Å². The molecule has 0 saturated heterocycles. The van der Waals surface area contributed by atoms with Crippen LogP contribution in [0.15, 0.2) is 46.0 Å². The lowest BCUT2D eigenvalue weighted by molar-refractivity contribution is 0.174. The molecular formula is C17H13ClN2O3S. The third kappa shape index (κ3) is 2.95. The Morgan fingerprint density at radius 3 is 2.92 bits per heavy atom. The molecule has 0 N–H and O–H groups in total. The fourth-order valence-electron chi connectivity index (χ4n) is 2.44. The minimum atomic E-state index is 0.203. The summed E-state index contributed by atoms with van der Waals surface area (Å²) in [5.74, 6) is 2.44. The highest BCUT2D eigenvalue weighted by atomic mass is 35.5. The molecular weight excluding hydrogens is 348 g/mol. The number of aryl methyl sites for hydroxylation is 1. The Balaban J connectivity index is 1.49. The van der Waals surface area contributed by atoms with Crippen molar-refractivity contribution in [3.63, 3.8) is 0 Å². The number of halogens is 1. The monoisotopic (exact) mass is 360 g/mol. The standard InChI is InChI=1S/C17H13ClN2O3S/c1-10-4-2-3-5-12(10)16-19-20-17(23-16)24-8-11-6-13(18)15-14(7-11)21-9-22-15/h2-7H,8-9H2,1H3. The molecule has 0 fully saturated rings. The smallest absolute Gasteiger partial charge is 0.277 e. The van der Waals surface area contributed by atoms with E-state index in [2.05, 4.69) is 10.2 Å². The summed E-state index contributed by atoms with van der Waals surface area (Å²) in [5, 5.41) is 9.29. The van der Waals surface area contributed by atoms with E-state index in [1.807, 2.05) is 43.3 Å². The number of fused-ring (bicyclic) bond motifs is 1. The summed E-state index contributed by atoms with van der Waals surface area (Å²) in [6.07, 6.45) is 0. The van der Waals surface area contributed by atoms with E-state index in [1.165, 1.54) is 11.8 Å². The van der Waals surface area contributed by atoms with Gasteiger partial charge in [-0.25, -0.2) is 0 Å². The van der Waals surface area contributed by atoms with Gasteiger partial charge in [-0.05, 0) is 36.2 Å². The van der Waals surface area contributed by atoms with E-state index in [0.717, 1.165) is 16.7 Å². The quantitative estimate of drug-likeness (QED) is 0.627. The zero-order valence-corrected chi connectivity index (χ0v) is 14.4. The molecule has 0 radical (unpaired) electrons. The summed E-state index contributed by atoms with van der Waals surface area (Å²) in [4.78, 5) is 0. The predicted octanol–water partition coefficient (Wildman–Crippen LogP) is 4.72. The summed E-state index contributed by atoms with van der Waals surface area (Å²) in [5.41, 5.74) is 3.05. The normalized spacial score (nSPS) is 12.6. The third-order valence-electron chi connectivity index (χ3n) is 3.63. The van der Waals surface area contributed by atoms with E-state index in [9.17, 15) is 0 Å². The number of benzene rings is 2. The van der Waals surface area contributed by atoms with Crippen LogP contribution in [0.5, 0.6) is 11.5 Å². The third-order valence-corrected chi connectivity index (χ3v) is 4.80. The second-order valence-electron chi connectivity index (χ2n) is 5.29. The summed E-state index contributed by atoms with van der Waals surface area (Å²) in [7, 11) is 0. The first kappa shape index (κ1) is 15.4. The maximum absolute atomic E-state index is 6.19. The molecule has 1 aliphatic heterocycles. The van der Waals surface area contributed by atoms with Gasteiger partial charge in [-0.2, -0.15) is 0 Å². The van der Waals surface area contributed by atoms with E-state index in [0.29, 0.717) is 33.4 Å². The summed E-state index contributed by atoms with van der Waals surface area (Å²) >= 11 is 7.65. The van der Waals surface area contributed by atoms with Crippen LogP contribution in [0.2, 0.25) is 5.02 Å². The Kier molecular flexibility index (Phi) is 4.08. The lowest BCUT2D eigenvalue weighted by atomic mass is 10.1. The molecule has 24 heavy (non-hydrogen) atoms. The van der Waals surface area contributed by atoms with Crippen molar-refractivity contribution in [1.29, 1.82) is 0 Å². The van der Waals surface area contributed by atoms with Crippen LogP contribution < -0.4 is 9.47 Å². The Hall–Kier alpha value is -2.18. The number of thioether (sulfide) groups is 1. The maximum Gasteiger partial charge on any atom is 0.277 e. The minimum absolute atomic E-state index is 0.203. The Bertz CT molecular complexity index is 897. The van der Waals surface area contributed by atoms with Crippen LogP contribution >= 0.6 is 23.4 Å². The number of aromatic nitrogens is 2. The molecule has 1 aliphatic rings. The predicted molar refractivity (Wildman–Crippen MR) is 91.6 cm³/mol. The minimum Gasteiger partial charge on any atom is -0.454 e.